The number of carbonyl (C=O) groups excluding carboxylic acids is 2. The molecule has 1 fully saturated rings. The SMILES string of the molecule is COC(C)(C)C(=O)N1CCC(c2nc(C)c3c(n2)N(CCc2ccccc2)C(=O)CC3)C1. The summed E-state index contributed by atoms with van der Waals surface area (Å²) in [6, 6.07) is 10.2. The molecule has 0 radical (unpaired) electrons. The van der Waals surface area contributed by atoms with Gasteiger partial charge >= 0.3 is 0 Å². The highest BCUT2D eigenvalue weighted by atomic mass is 16.5. The Bertz CT molecular complexity index is 1010. The number of carbonyl (C=O) groups is 2. The number of aromatic nitrogens is 2. The van der Waals surface area contributed by atoms with Crippen molar-refractivity contribution >= 4 is 17.6 Å². The van der Waals surface area contributed by atoms with Crippen LogP contribution in [0, 0.1) is 6.92 Å². The summed E-state index contributed by atoms with van der Waals surface area (Å²) in [7, 11) is 1.56. The lowest BCUT2D eigenvalue weighted by Gasteiger charge is -2.30. The van der Waals surface area contributed by atoms with Gasteiger partial charge in [0.2, 0.25) is 5.91 Å². The number of ether oxygens (including phenoxy) is 1. The first-order valence-corrected chi connectivity index (χ1v) is 11.4. The van der Waals surface area contributed by atoms with Crippen molar-refractivity contribution in [1.29, 1.82) is 0 Å². The fraction of sp³-hybridized carbons (Fsp3) is 0.520. The van der Waals surface area contributed by atoms with Crippen molar-refractivity contribution in [3.8, 4) is 0 Å². The van der Waals surface area contributed by atoms with Gasteiger partial charge < -0.3 is 9.64 Å². The smallest absolute Gasteiger partial charge is 0.254 e. The number of nitrogens with zero attached hydrogens (tertiary/aromatic N) is 4. The lowest BCUT2D eigenvalue weighted by molar-refractivity contribution is -0.149. The average molecular weight is 437 g/mol. The van der Waals surface area contributed by atoms with Crippen molar-refractivity contribution in [3.05, 3.63) is 53.0 Å². The van der Waals surface area contributed by atoms with Gasteiger partial charge in [0.15, 0.2) is 0 Å². The molecule has 0 saturated carbocycles. The maximum Gasteiger partial charge on any atom is 0.254 e. The average Bonchev–Trinajstić information content (AvgIpc) is 3.28. The Morgan fingerprint density at radius 2 is 1.94 bits per heavy atom. The summed E-state index contributed by atoms with van der Waals surface area (Å²) in [6.45, 7) is 7.41. The van der Waals surface area contributed by atoms with E-state index in [1.54, 1.807) is 21.0 Å². The Kier molecular flexibility index (Phi) is 6.29. The van der Waals surface area contributed by atoms with Gasteiger partial charge in [-0.15, -0.1) is 0 Å². The van der Waals surface area contributed by atoms with Crippen LogP contribution in [-0.4, -0.2) is 59.0 Å². The highest BCUT2D eigenvalue weighted by Crippen LogP contribution is 2.33. The van der Waals surface area contributed by atoms with Gasteiger partial charge in [0.25, 0.3) is 5.91 Å². The van der Waals surface area contributed by atoms with Crippen LogP contribution in [0.3, 0.4) is 0 Å². The normalized spacial score (nSPS) is 18.8. The predicted octanol–water partition coefficient (Wildman–Crippen LogP) is 3.05. The number of amides is 2. The number of aryl methyl sites for hydroxylation is 1. The Morgan fingerprint density at radius 1 is 1.19 bits per heavy atom. The third-order valence-electron chi connectivity index (χ3n) is 6.69. The number of methoxy groups -OCH3 is 1. The van der Waals surface area contributed by atoms with Crippen LogP contribution in [0.25, 0.3) is 0 Å². The standard InChI is InChI=1S/C25H32N4O3/c1-17-20-10-11-21(30)29(15-12-18-8-6-5-7-9-18)23(20)27-22(26-17)19-13-14-28(16-19)24(31)25(2,3)32-4/h5-9,19H,10-16H2,1-4H3. The number of fused-ring (bicyclic) bond motifs is 1. The third-order valence-corrected chi connectivity index (χ3v) is 6.69. The van der Waals surface area contributed by atoms with E-state index < -0.39 is 5.60 Å². The number of hydrogen-bond donors (Lipinski definition) is 0. The molecule has 2 aromatic rings. The highest BCUT2D eigenvalue weighted by Gasteiger charge is 2.38. The van der Waals surface area contributed by atoms with E-state index in [-0.39, 0.29) is 17.7 Å². The molecular formula is C25H32N4O3. The van der Waals surface area contributed by atoms with E-state index in [0.717, 1.165) is 35.7 Å². The Balaban J connectivity index is 1.56. The molecule has 0 aliphatic carbocycles. The topological polar surface area (TPSA) is 75.6 Å². The van der Waals surface area contributed by atoms with Crippen LogP contribution in [0.15, 0.2) is 30.3 Å². The van der Waals surface area contributed by atoms with Gasteiger partial charge in [0.05, 0.1) is 0 Å². The second-order valence-electron chi connectivity index (χ2n) is 9.20. The zero-order chi connectivity index (χ0) is 22.9. The van der Waals surface area contributed by atoms with Crippen LogP contribution in [0.4, 0.5) is 5.82 Å². The summed E-state index contributed by atoms with van der Waals surface area (Å²) in [5, 5.41) is 0. The molecule has 1 saturated heterocycles. The molecule has 2 aliphatic heterocycles. The van der Waals surface area contributed by atoms with Crippen molar-refractivity contribution in [2.24, 2.45) is 0 Å². The number of hydrogen-bond acceptors (Lipinski definition) is 5. The summed E-state index contributed by atoms with van der Waals surface area (Å²) in [5.74, 6) is 1.64. The zero-order valence-electron chi connectivity index (χ0n) is 19.4. The van der Waals surface area contributed by atoms with Crippen LogP contribution in [-0.2, 0) is 27.2 Å². The largest absolute Gasteiger partial charge is 0.369 e. The van der Waals surface area contributed by atoms with Crippen molar-refractivity contribution < 1.29 is 14.3 Å². The van der Waals surface area contributed by atoms with Crippen molar-refractivity contribution in [2.45, 2.75) is 58.0 Å². The van der Waals surface area contributed by atoms with Crippen molar-refractivity contribution in [2.75, 3.05) is 31.6 Å². The number of rotatable bonds is 6. The van der Waals surface area contributed by atoms with Crippen LogP contribution in [0.5, 0.6) is 0 Å². The summed E-state index contributed by atoms with van der Waals surface area (Å²) >= 11 is 0. The third kappa shape index (κ3) is 4.39. The molecule has 7 heteroatoms. The lowest BCUT2D eigenvalue weighted by atomic mass is 10.0. The van der Waals surface area contributed by atoms with Gasteiger partial charge in [0.1, 0.15) is 17.2 Å². The second-order valence-corrected chi connectivity index (χ2v) is 9.20. The minimum atomic E-state index is -0.845. The van der Waals surface area contributed by atoms with Gasteiger partial charge in [-0.25, -0.2) is 9.97 Å². The summed E-state index contributed by atoms with van der Waals surface area (Å²) in [5.41, 5.74) is 2.35. The molecular weight excluding hydrogens is 404 g/mol. The first kappa shape index (κ1) is 22.4. The Morgan fingerprint density at radius 3 is 2.66 bits per heavy atom. The maximum atomic E-state index is 12.8. The number of benzene rings is 1. The fourth-order valence-corrected chi connectivity index (χ4v) is 4.53. The molecule has 3 heterocycles. The first-order valence-electron chi connectivity index (χ1n) is 11.4. The first-order chi connectivity index (χ1) is 15.3. The molecule has 2 aliphatic rings. The molecule has 1 aromatic heterocycles. The molecule has 1 aromatic carbocycles. The van der Waals surface area contributed by atoms with Gasteiger partial charge in [-0.3, -0.25) is 14.5 Å². The van der Waals surface area contributed by atoms with Crippen LogP contribution in [0.2, 0.25) is 0 Å². The molecule has 2 amide bonds. The quantitative estimate of drug-likeness (QED) is 0.696. The number of likely N-dealkylation sites (tertiary alicyclic amines) is 1. The van der Waals surface area contributed by atoms with Gasteiger partial charge in [-0.1, -0.05) is 30.3 Å². The molecule has 170 valence electrons. The van der Waals surface area contributed by atoms with Crippen LogP contribution >= 0.6 is 0 Å². The minimum absolute atomic E-state index is 0.0168. The highest BCUT2D eigenvalue weighted by molar-refractivity contribution is 5.95. The molecule has 1 atom stereocenters. The van der Waals surface area contributed by atoms with E-state index in [4.69, 9.17) is 14.7 Å². The Labute approximate surface area is 189 Å². The van der Waals surface area contributed by atoms with Crippen LogP contribution in [0.1, 0.15) is 55.3 Å². The van der Waals surface area contributed by atoms with E-state index in [9.17, 15) is 9.59 Å². The van der Waals surface area contributed by atoms with E-state index in [2.05, 4.69) is 12.1 Å². The summed E-state index contributed by atoms with van der Waals surface area (Å²) in [6.07, 6.45) is 2.76. The molecule has 32 heavy (non-hydrogen) atoms. The lowest BCUT2D eigenvalue weighted by Crippen LogP contribution is -2.45. The van der Waals surface area contributed by atoms with Crippen molar-refractivity contribution in [1.82, 2.24) is 14.9 Å². The second kappa shape index (κ2) is 8.98. The summed E-state index contributed by atoms with van der Waals surface area (Å²) in [4.78, 5) is 39.0. The monoisotopic (exact) mass is 436 g/mol. The zero-order valence-corrected chi connectivity index (χ0v) is 19.4. The Hall–Kier alpha value is -2.80. The molecule has 4 rings (SSSR count). The summed E-state index contributed by atoms with van der Waals surface area (Å²) < 4.78 is 5.37. The van der Waals surface area contributed by atoms with Crippen LogP contribution < -0.4 is 4.90 Å². The molecule has 1 unspecified atom stereocenters. The fourth-order valence-electron chi connectivity index (χ4n) is 4.53. The molecule has 0 N–H and O–H groups in total. The van der Waals surface area contributed by atoms with E-state index in [1.807, 2.05) is 34.9 Å². The van der Waals surface area contributed by atoms with Gasteiger partial charge in [-0.2, -0.15) is 0 Å². The van der Waals surface area contributed by atoms with E-state index >= 15 is 0 Å². The van der Waals surface area contributed by atoms with E-state index in [0.29, 0.717) is 32.5 Å². The number of anilines is 1. The molecule has 7 nitrogen and oxygen atoms in total. The van der Waals surface area contributed by atoms with E-state index in [1.165, 1.54) is 5.56 Å². The molecule has 0 spiro atoms. The molecule has 0 bridgehead atoms. The van der Waals surface area contributed by atoms with Gasteiger partial charge in [0, 0.05) is 50.3 Å². The van der Waals surface area contributed by atoms with Gasteiger partial charge in [-0.05, 0) is 45.6 Å². The minimum Gasteiger partial charge on any atom is -0.369 e. The van der Waals surface area contributed by atoms with Crippen molar-refractivity contribution in [3.63, 3.8) is 0 Å². The predicted molar refractivity (Wildman–Crippen MR) is 123 cm³/mol. The maximum absolute atomic E-state index is 12.8.